The SMILES string of the molecule is CC(C)N(C)CCCCNCCCCC(C)(C)C#N. The molecule has 0 atom stereocenters. The van der Waals surface area contributed by atoms with Gasteiger partial charge in [0.1, 0.15) is 0 Å². The van der Waals surface area contributed by atoms with E-state index in [1.807, 2.05) is 13.8 Å². The molecule has 1 N–H and O–H groups in total. The van der Waals surface area contributed by atoms with Gasteiger partial charge in [0, 0.05) is 6.04 Å². The van der Waals surface area contributed by atoms with Crippen LogP contribution >= 0.6 is 0 Å². The Hall–Kier alpha value is -0.590. The maximum absolute atomic E-state index is 8.91. The molecular formula is C16H33N3. The zero-order valence-electron chi connectivity index (χ0n) is 13.6. The fraction of sp³-hybridized carbons (Fsp3) is 0.938. The third kappa shape index (κ3) is 11.0. The van der Waals surface area contributed by atoms with Gasteiger partial charge in [0.2, 0.25) is 0 Å². The van der Waals surface area contributed by atoms with Gasteiger partial charge in [0.05, 0.1) is 11.5 Å². The number of nitrogens with zero attached hydrogens (tertiary/aromatic N) is 2. The molecule has 0 aliphatic rings. The largest absolute Gasteiger partial charge is 0.317 e. The van der Waals surface area contributed by atoms with Crippen molar-refractivity contribution in [2.75, 3.05) is 26.7 Å². The van der Waals surface area contributed by atoms with Gasteiger partial charge in [-0.05, 0) is 80.1 Å². The summed E-state index contributed by atoms with van der Waals surface area (Å²) in [5.41, 5.74) is -0.151. The summed E-state index contributed by atoms with van der Waals surface area (Å²) in [4.78, 5) is 2.39. The first-order valence-electron chi connectivity index (χ1n) is 7.71. The van der Waals surface area contributed by atoms with Crippen LogP contribution in [0, 0.1) is 16.7 Å². The van der Waals surface area contributed by atoms with Crippen LogP contribution in [0.1, 0.15) is 59.8 Å². The van der Waals surface area contributed by atoms with Crippen LogP contribution in [-0.4, -0.2) is 37.6 Å². The lowest BCUT2D eigenvalue weighted by atomic mass is 9.89. The van der Waals surface area contributed by atoms with Gasteiger partial charge in [-0.2, -0.15) is 5.26 Å². The van der Waals surface area contributed by atoms with E-state index in [-0.39, 0.29) is 5.41 Å². The molecule has 112 valence electrons. The van der Waals surface area contributed by atoms with Gasteiger partial charge < -0.3 is 10.2 Å². The van der Waals surface area contributed by atoms with Crippen molar-refractivity contribution < 1.29 is 0 Å². The van der Waals surface area contributed by atoms with Crippen molar-refractivity contribution in [2.24, 2.45) is 5.41 Å². The van der Waals surface area contributed by atoms with Gasteiger partial charge in [-0.1, -0.05) is 6.42 Å². The van der Waals surface area contributed by atoms with Gasteiger partial charge >= 0.3 is 0 Å². The Bertz CT molecular complexity index is 253. The molecule has 19 heavy (non-hydrogen) atoms. The van der Waals surface area contributed by atoms with E-state index in [1.54, 1.807) is 0 Å². The molecular weight excluding hydrogens is 234 g/mol. The number of hydrogen-bond acceptors (Lipinski definition) is 3. The summed E-state index contributed by atoms with van der Waals surface area (Å²) in [6.07, 6.45) is 5.84. The van der Waals surface area contributed by atoms with Crippen molar-refractivity contribution in [3.05, 3.63) is 0 Å². The van der Waals surface area contributed by atoms with E-state index in [1.165, 1.54) is 25.8 Å². The molecule has 0 saturated carbocycles. The molecule has 0 aromatic rings. The predicted molar refractivity (Wildman–Crippen MR) is 83.1 cm³/mol. The van der Waals surface area contributed by atoms with E-state index in [0.717, 1.165) is 25.9 Å². The van der Waals surface area contributed by atoms with Gasteiger partial charge in [-0.15, -0.1) is 0 Å². The monoisotopic (exact) mass is 267 g/mol. The van der Waals surface area contributed by atoms with E-state index in [2.05, 4.69) is 37.2 Å². The number of nitrogens with one attached hydrogen (secondary N) is 1. The lowest BCUT2D eigenvalue weighted by Crippen LogP contribution is -2.28. The molecule has 0 aromatic heterocycles. The average Bonchev–Trinajstić information content (AvgIpc) is 2.36. The molecule has 0 aromatic carbocycles. The molecule has 0 radical (unpaired) electrons. The second-order valence-corrected chi connectivity index (χ2v) is 6.48. The summed E-state index contributed by atoms with van der Waals surface area (Å²) in [6.45, 7) is 11.9. The topological polar surface area (TPSA) is 39.1 Å². The molecule has 0 fully saturated rings. The van der Waals surface area contributed by atoms with E-state index in [0.29, 0.717) is 6.04 Å². The van der Waals surface area contributed by atoms with Crippen molar-refractivity contribution in [1.29, 1.82) is 5.26 Å². The van der Waals surface area contributed by atoms with Gasteiger partial charge in [-0.3, -0.25) is 0 Å². The molecule has 0 aliphatic heterocycles. The summed E-state index contributed by atoms with van der Waals surface area (Å²) in [6, 6.07) is 3.00. The Morgan fingerprint density at radius 3 is 2.21 bits per heavy atom. The second-order valence-electron chi connectivity index (χ2n) is 6.48. The van der Waals surface area contributed by atoms with Crippen molar-refractivity contribution >= 4 is 0 Å². The maximum atomic E-state index is 8.91. The lowest BCUT2D eigenvalue weighted by Gasteiger charge is -2.20. The van der Waals surface area contributed by atoms with Crippen molar-refractivity contribution in [2.45, 2.75) is 65.8 Å². The first kappa shape index (κ1) is 18.4. The zero-order valence-corrected chi connectivity index (χ0v) is 13.6. The Kier molecular flexibility index (Phi) is 9.91. The fourth-order valence-corrected chi connectivity index (χ4v) is 1.87. The van der Waals surface area contributed by atoms with E-state index in [4.69, 9.17) is 5.26 Å². The van der Waals surface area contributed by atoms with Crippen molar-refractivity contribution in [3.63, 3.8) is 0 Å². The molecule has 0 rings (SSSR count). The van der Waals surface area contributed by atoms with E-state index < -0.39 is 0 Å². The number of nitriles is 1. The molecule has 0 aliphatic carbocycles. The normalized spacial score (nSPS) is 12.1. The van der Waals surface area contributed by atoms with Crippen LogP contribution in [-0.2, 0) is 0 Å². The average molecular weight is 267 g/mol. The van der Waals surface area contributed by atoms with Crippen LogP contribution in [0.3, 0.4) is 0 Å². The van der Waals surface area contributed by atoms with Crippen LogP contribution in [0.2, 0.25) is 0 Å². The Morgan fingerprint density at radius 1 is 1.11 bits per heavy atom. The highest BCUT2D eigenvalue weighted by Gasteiger charge is 2.15. The molecule has 0 spiro atoms. The maximum Gasteiger partial charge on any atom is 0.0683 e. The molecule has 0 unspecified atom stereocenters. The highest BCUT2D eigenvalue weighted by molar-refractivity contribution is 4.91. The molecule has 3 nitrogen and oxygen atoms in total. The standard InChI is InChI=1S/C16H33N3/c1-15(2)19(5)13-9-8-12-18-11-7-6-10-16(3,4)14-17/h15,18H,6-13H2,1-5H3. The van der Waals surface area contributed by atoms with Crippen molar-refractivity contribution in [1.82, 2.24) is 10.2 Å². The van der Waals surface area contributed by atoms with Gasteiger partial charge in [0.25, 0.3) is 0 Å². The van der Waals surface area contributed by atoms with E-state index >= 15 is 0 Å². The highest BCUT2D eigenvalue weighted by atomic mass is 15.1. The molecule has 0 saturated heterocycles. The summed E-state index contributed by atoms with van der Waals surface area (Å²) in [5.74, 6) is 0. The Labute approximate surface area is 120 Å². The molecule has 0 bridgehead atoms. The highest BCUT2D eigenvalue weighted by Crippen LogP contribution is 2.21. The smallest absolute Gasteiger partial charge is 0.0683 e. The first-order chi connectivity index (χ1) is 8.89. The van der Waals surface area contributed by atoms with Crippen LogP contribution in [0.15, 0.2) is 0 Å². The second kappa shape index (κ2) is 10.2. The Morgan fingerprint density at radius 2 is 1.68 bits per heavy atom. The van der Waals surface area contributed by atoms with Gasteiger partial charge in [0.15, 0.2) is 0 Å². The predicted octanol–water partition coefficient (Wildman–Crippen LogP) is 3.42. The summed E-state index contributed by atoms with van der Waals surface area (Å²) in [5, 5.41) is 12.4. The lowest BCUT2D eigenvalue weighted by molar-refractivity contribution is 0.268. The first-order valence-corrected chi connectivity index (χ1v) is 7.71. The molecule has 3 heteroatoms. The van der Waals surface area contributed by atoms with Crippen LogP contribution in [0.25, 0.3) is 0 Å². The molecule has 0 heterocycles. The molecule has 0 amide bonds. The van der Waals surface area contributed by atoms with E-state index in [9.17, 15) is 0 Å². The Balaban J connectivity index is 3.27. The minimum Gasteiger partial charge on any atom is -0.317 e. The fourth-order valence-electron chi connectivity index (χ4n) is 1.87. The summed E-state index contributed by atoms with van der Waals surface area (Å²) in [7, 11) is 2.19. The quantitative estimate of drug-likeness (QED) is 0.583. The third-order valence-corrected chi connectivity index (χ3v) is 3.70. The number of hydrogen-bond donors (Lipinski definition) is 1. The summed E-state index contributed by atoms with van der Waals surface area (Å²) >= 11 is 0. The minimum absolute atomic E-state index is 0.151. The minimum atomic E-state index is -0.151. The third-order valence-electron chi connectivity index (χ3n) is 3.70. The summed E-state index contributed by atoms with van der Waals surface area (Å²) < 4.78 is 0. The number of unbranched alkanes of at least 4 members (excludes halogenated alkanes) is 2. The number of rotatable bonds is 11. The van der Waals surface area contributed by atoms with Crippen LogP contribution in [0.5, 0.6) is 0 Å². The van der Waals surface area contributed by atoms with Crippen LogP contribution in [0.4, 0.5) is 0 Å². The van der Waals surface area contributed by atoms with Crippen LogP contribution < -0.4 is 5.32 Å². The van der Waals surface area contributed by atoms with Gasteiger partial charge in [-0.25, -0.2) is 0 Å². The zero-order chi connectivity index (χ0) is 14.7. The van der Waals surface area contributed by atoms with Crippen molar-refractivity contribution in [3.8, 4) is 6.07 Å².